The Morgan fingerprint density at radius 2 is 1.86 bits per heavy atom. The third-order valence-corrected chi connectivity index (χ3v) is 3.88. The van der Waals surface area contributed by atoms with Crippen LogP contribution in [0.4, 0.5) is 5.69 Å². The van der Waals surface area contributed by atoms with Crippen molar-refractivity contribution >= 4 is 17.4 Å². The van der Waals surface area contributed by atoms with Crippen LogP contribution in [-0.2, 0) is 9.59 Å². The Hall–Kier alpha value is -1.68. The van der Waals surface area contributed by atoms with E-state index in [-0.39, 0.29) is 5.91 Å². The van der Waals surface area contributed by atoms with Crippen LogP contribution in [0, 0.1) is 0 Å². The number of carbonyl (C=O) groups is 2. The smallest absolute Gasteiger partial charge is 0.241 e. The Balaban J connectivity index is 1.99. The molecule has 0 spiro atoms. The first-order valence-electron chi connectivity index (χ1n) is 7.80. The van der Waals surface area contributed by atoms with Gasteiger partial charge in [-0.15, -0.1) is 0 Å². The van der Waals surface area contributed by atoms with E-state index in [2.05, 4.69) is 11.8 Å². The summed E-state index contributed by atoms with van der Waals surface area (Å²) in [5, 5.41) is 0. The molecule has 0 bridgehead atoms. The predicted octanol–water partition coefficient (Wildman–Crippen LogP) is 2.48. The number of likely N-dealkylation sites (tertiary alicyclic amines) is 1. The van der Waals surface area contributed by atoms with Crippen molar-refractivity contribution < 1.29 is 9.59 Å². The lowest BCUT2D eigenvalue weighted by molar-refractivity contribution is -0.125. The number of nitrogens with zero attached hydrogens (tertiary/aromatic N) is 2. The first-order chi connectivity index (χ1) is 10.2. The zero-order valence-electron chi connectivity index (χ0n) is 12.8. The molecule has 0 N–H and O–H groups in total. The number of carbonyl (C=O) groups excluding carboxylic acids is 2. The molecule has 1 aliphatic rings. The number of ketones is 1. The maximum absolute atomic E-state index is 12.6. The minimum atomic E-state index is 0.129. The fourth-order valence-electron chi connectivity index (χ4n) is 2.56. The molecule has 0 aliphatic carbocycles. The Morgan fingerprint density at radius 3 is 2.48 bits per heavy atom. The van der Waals surface area contributed by atoms with Crippen LogP contribution in [-0.4, -0.2) is 42.8 Å². The van der Waals surface area contributed by atoms with Crippen LogP contribution in [0.3, 0.4) is 0 Å². The van der Waals surface area contributed by atoms with Gasteiger partial charge in [0.2, 0.25) is 5.91 Å². The fraction of sp³-hybridized carbons (Fsp3) is 0.529. The molecule has 114 valence electrons. The van der Waals surface area contributed by atoms with Gasteiger partial charge in [-0.3, -0.25) is 14.5 Å². The molecule has 1 amide bonds. The number of anilines is 1. The van der Waals surface area contributed by atoms with Gasteiger partial charge in [-0.05, 0) is 18.6 Å². The summed E-state index contributed by atoms with van der Waals surface area (Å²) in [6.07, 6.45) is 3.22. The number of benzene rings is 1. The molecule has 0 unspecified atom stereocenters. The van der Waals surface area contributed by atoms with Gasteiger partial charge < -0.3 is 4.90 Å². The highest BCUT2D eigenvalue weighted by atomic mass is 16.2. The summed E-state index contributed by atoms with van der Waals surface area (Å²) in [5.74, 6) is 0.439. The van der Waals surface area contributed by atoms with E-state index >= 15 is 0 Å². The first kappa shape index (κ1) is 15.7. The predicted molar refractivity (Wildman–Crippen MR) is 84.4 cm³/mol. The van der Waals surface area contributed by atoms with Crippen molar-refractivity contribution in [1.29, 1.82) is 0 Å². The van der Waals surface area contributed by atoms with Gasteiger partial charge in [0.1, 0.15) is 5.78 Å². The number of amides is 1. The molecule has 1 aromatic rings. The lowest BCUT2D eigenvalue weighted by Crippen LogP contribution is -2.44. The summed E-state index contributed by atoms with van der Waals surface area (Å²) in [6, 6.07) is 9.84. The van der Waals surface area contributed by atoms with Crippen LogP contribution >= 0.6 is 0 Å². The van der Waals surface area contributed by atoms with Gasteiger partial charge in [0.05, 0.1) is 6.54 Å². The van der Waals surface area contributed by atoms with Gasteiger partial charge >= 0.3 is 0 Å². The standard InChI is InChI=1S/C17H24N2O2/c1-2-3-11-19(15-7-5-4-6-8-15)17(21)14-18-12-9-16(20)10-13-18/h4-8H,2-3,9-14H2,1H3. The van der Waals surface area contributed by atoms with Crippen molar-refractivity contribution in [3.05, 3.63) is 30.3 Å². The van der Waals surface area contributed by atoms with E-state index in [1.54, 1.807) is 0 Å². The molecule has 21 heavy (non-hydrogen) atoms. The van der Waals surface area contributed by atoms with E-state index in [4.69, 9.17) is 0 Å². The normalized spacial score (nSPS) is 16.0. The number of rotatable bonds is 6. The molecule has 1 heterocycles. The summed E-state index contributed by atoms with van der Waals surface area (Å²) < 4.78 is 0. The Kier molecular flexibility index (Phi) is 5.93. The van der Waals surface area contributed by atoms with Gasteiger partial charge in [0, 0.05) is 38.2 Å². The topological polar surface area (TPSA) is 40.6 Å². The lowest BCUT2D eigenvalue weighted by atomic mass is 10.1. The Bertz CT molecular complexity index is 463. The maximum atomic E-state index is 12.6. The largest absolute Gasteiger partial charge is 0.311 e. The average molecular weight is 288 g/mol. The van der Waals surface area contributed by atoms with E-state index in [9.17, 15) is 9.59 Å². The molecule has 1 fully saturated rings. The van der Waals surface area contributed by atoms with Gasteiger partial charge in [-0.25, -0.2) is 0 Å². The minimum absolute atomic E-state index is 0.129. The van der Waals surface area contributed by atoms with Gasteiger partial charge in [-0.2, -0.15) is 0 Å². The second-order valence-corrected chi connectivity index (χ2v) is 5.55. The number of para-hydroxylation sites is 1. The average Bonchev–Trinajstić information content (AvgIpc) is 2.51. The summed E-state index contributed by atoms with van der Waals surface area (Å²) in [4.78, 5) is 27.8. The number of unbranched alkanes of at least 4 members (excludes halogenated alkanes) is 1. The highest BCUT2D eigenvalue weighted by molar-refractivity contribution is 5.94. The number of Topliss-reactive ketones (excluding diaryl/α,β-unsaturated/α-hetero) is 1. The van der Waals surface area contributed by atoms with Crippen LogP contribution in [0.15, 0.2) is 30.3 Å². The number of hydrogen-bond acceptors (Lipinski definition) is 3. The second-order valence-electron chi connectivity index (χ2n) is 5.55. The summed E-state index contributed by atoms with van der Waals surface area (Å²) in [5.41, 5.74) is 0.962. The molecule has 0 saturated carbocycles. The highest BCUT2D eigenvalue weighted by Crippen LogP contribution is 2.15. The molecule has 0 radical (unpaired) electrons. The summed E-state index contributed by atoms with van der Waals surface area (Å²) in [6.45, 7) is 4.71. The molecule has 4 nitrogen and oxygen atoms in total. The van der Waals surface area contributed by atoms with Crippen molar-refractivity contribution in [2.75, 3.05) is 31.1 Å². The van der Waals surface area contributed by atoms with Crippen LogP contribution < -0.4 is 4.90 Å². The van der Waals surface area contributed by atoms with E-state index < -0.39 is 0 Å². The summed E-state index contributed by atoms with van der Waals surface area (Å²) >= 11 is 0. The second kappa shape index (κ2) is 7.93. The molecule has 0 atom stereocenters. The van der Waals surface area contributed by atoms with E-state index in [0.717, 1.165) is 25.1 Å². The molecule has 1 aliphatic heterocycles. The zero-order valence-corrected chi connectivity index (χ0v) is 12.8. The van der Waals surface area contributed by atoms with E-state index in [1.807, 2.05) is 35.2 Å². The third-order valence-electron chi connectivity index (χ3n) is 3.88. The van der Waals surface area contributed by atoms with Crippen LogP contribution in [0.5, 0.6) is 0 Å². The molecule has 2 rings (SSSR count). The SMILES string of the molecule is CCCCN(C(=O)CN1CCC(=O)CC1)c1ccccc1. The molecular formula is C17H24N2O2. The molecule has 4 heteroatoms. The van der Waals surface area contributed by atoms with Crippen molar-refractivity contribution in [3.63, 3.8) is 0 Å². The number of hydrogen-bond donors (Lipinski definition) is 0. The van der Waals surface area contributed by atoms with E-state index in [1.165, 1.54) is 0 Å². The Labute approximate surface area is 126 Å². The van der Waals surface area contributed by atoms with Gasteiger partial charge in [-0.1, -0.05) is 31.5 Å². The minimum Gasteiger partial charge on any atom is -0.311 e. The van der Waals surface area contributed by atoms with Crippen molar-refractivity contribution in [2.45, 2.75) is 32.6 Å². The van der Waals surface area contributed by atoms with Crippen molar-refractivity contribution in [3.8, 4) is 0 Å². The third kappa shape index (κ3) is 4.67. The number of piperidine rings is 1. The van der Waals surface area contributed by atoms with Crippen LogP contribution in [0.25, 0.3) is 0 Å². The van der Waals surface area contributed by atoms with E-state index in [0.29, 0.717) is 38.3 Å². The van der Waals surface area contributed by atoms with Gasteiger partial charge in [0.15, 0.2) is 0 Å². The molecule has 1 saturated heterocycles. The maximum Gasteiger partial charge on any atom is 0.241 e. The van der Waals surface area contributed by atoms with Gasteiger partial charge in [0.25, 0.3) is 0 Å². The molecular weight excluding hydrogens is 264 g/mol. The lowest BCUT2D eigenvalue weighted by Gasteiger charge is -2.29. The Morgan fingerprint density at radius 1 is 1.19 bits per heavy atom. The fourth-order valence-corrected chi connectivity index (χ4v) is 2.56. The summed E-state index contributed by atoms with van der Waals surface area (Å²) in [7, 11) is 0. The van der Waals surface area contributed by atoms with Crippen LogP contribution in [0.1, 0.15) is 32.6 Å². The zero-order chi connectivity index (χ0) is 15.1. The molecule has 1 aromatic carbocycles. The van der Waals surface area contributed by atoms with Crippen molar-refractivity contribution in [2.24, 2.45) is 0 Å². The molecule has 0 aromatic heterocycles. The highest BCUT2D eigenvalue weighted by Gasteiger charge is 2.22. The first-order valence-corrected chi connectivity index (χ1v) is 7.80. The quantitative estimate of drug-likeness (QED) is 0.807. The van der Waals surface area contributed by atoms with Crippen LogP contribution in [0.2, 0.25) is 0 Å². The van der Waals surface area contributed by atoms with Crippen molar-refractivity contribution in [1.82, 2.24) is 4.90 Å². The monoisotopic (exact) mass is 288 g/mol.